The van der Waals surface area contributed by atoms with Crippen molar-refractivity contribution in [2.24, 2.45) is 0 Å². The van der Waals surface area contributed by atoms with Crippen molar-refractivity contribution >= 4 is 5.69 Å². The molecule has 3 rings (SSSR count). The molecule has 5 nitrogen and oxygen atoms in total. The molecule has 106 valence electrons. The van der Waals surface area contributed by atoms with Gasteiger partial charge in [-0.05, 0) is 30.7 Å². The van der Waals surface area contributed by atoms with Crippen molar-refractivity contribution in [3.63, 3.8) is 0 Å². The van der Waals surface area contributed by atoms with Crippen molar-refractivity contribution in [2.45, 2.75) is 19.0 Å². The normalized spacial score (nSPS) is 18.6. The first-order chi connectivity index (χ1) is 9.81. The van der Waals surface area contributed by atoms with Crippen molar-refractivity contribution in [1.29, 1.82) is 0 Å². The number of rotatable bonds is 5. The number of hydrogen-bond acceptors (Lipinski definition) is 4. The Morgan fingerprint density at radius 3 is 2.90 bits per heavy atom. The van der Waals surface area contributed by atoms with E-state index in [0.717, 1.165) is 38.3 Å². The van der Waals surface area contributed by atoms with Gasteiger partial charge in [0.25, 0.3) is 0 Å². The van der Waals surface area contributed by atoms with Gasteiger partial charge in [-0.2, -0.15) is 0 Å². The molecule has 1 aromatic heterocycles. The molecule has 20 heavy (non-hydrogen) atoms. The molecule has 1 aromatic carbocycles. The van der Waals surface area contributed by atoms with Gasteiger partial charge in [-0.25, -0.2) is 4.39 Å². The maximum absolute atomic E-state index is 12.9. The molecular formula is C14H18FN5. The Morgan fingerprint density at radius 1 is 1.30 bits per heavy atom. The molecule has 1 saturated heterocycles. The van der Waals surface area contributed by atoms with Crippen molar-refractivity contribution in [3.8, 4) is 0 Å². The summed E-state index contributed by atoms with van der Waals surface area (Å²) in [7, 11) is 0. The monoisotopic (exact) mass is 275 g/mol. The molecule has 2 heterocycles. The maximum atomic E-state index is 12.9. The quantitative estimate of drug-likeness (QED) is 0.893. The van der Waals surface area contributed by atoms with Crippen LogP contribution in [0.4, 0.5) is 10.1 Å². The lowest BCUT2D eigenvalue weighted by Crippen LogP contribution is -2.34. The third kappa shape index (κ3) is 3.14. The lowest BCUT2D eigenvalue weighted by molar-refractivity contribution is 0.490. The lowest BCUT2D eigenvalue weighted by Gasteiger charge is -2.19. The molecule has 0 bridgehead atoms. The fourth-order valence-corrected chi connectivity index (χ4v) is 2.55. The van der Waals surface area contributed by atoms with E-state index in [1.54, 1.807) is 6.20 Å². The van der Waals surface area contributed by atoms with E-state index in [-0.39, 0.29) is 5.82 Å². The van der Waals surface area contributed by atoms with E-state index in [4.69, 9.17) is 0 Å². The van der Waals surface area contributed by atoms with Gasteiger partial charge in [0.05, 0.1) is 12.7 Å². The highest BCUT2D eigenvalue weighted by atomic mass is 19.1. The number of nitrogens with one attached hydrogen (secondary N) is 1. The number of halogens is 1. The smallest absolute Gasteiger partial charge is 0.123 e. The molecule has 1 atom stereocenters. The molecule has 6 heteroatoms. The van der Waals surface area contributed by atoms with E-state index < -0.39 is 0 Å². The Balaban J connectivity index is 1.46. The third-order valence-corrected chi connectivity index (χ3v) is 3.63. The van der Waals surface area contributed by atoms with Crippen LogP contribution in [-0.2, 0) is 6.54 Å². The SMILES string of the molecule is Fc1ccc(N2CC[C@H](NCCn3ccnn3)C2)cc1. The van der Waals surface area contributed by atoms with Crippen molar-refractivity contribution in [3.05, 3.63) is 42.5 Å². The van der Waals surface area contributed by atoms with Crippen LogP contribution < -0.4 is 10.2 Å². The standard InChI is InChI=1S/C14H18FN5/c15-12-1-3-14(4-2-12)19-8-5-13(11-19)16-6-9-20-10-7-17-18-20/h1-4,7,10,13,16H,5-6,8-9,11H2/t13-/m0/s1. The predicted octanol–water partition coefficient (Wildman–Crippen LogP) is 1.29. The Labute approximate surface area is 117 Å². The zero-order valence-corrected chi connectivity index (χ0v) is 11.2. The van der Waals surface area contributed by atoms with E-state index in [1.165, 1.54) is 12.1 Å². The van der Waals surface area contributed by atoms with Gasteiger partial charge in [-0.3, -0.25) is 4.68 Å². The van der Waals surface area contributed by atoms with Crippen LogP contribution in [0.5, 0.6) is 0 Å². The molecule has 0 unspecified atom stereocenters. The number of aromatic nitrogens is 3. The van der Waals surface area contributed by atoms with Crippen molar-refractivity contribution in [2.75, 3.05) is 24.5 Å². The van der Waals surface area contributed by atoms with Gasteiger partial charge in [-0.1, -0.05) is 5.21 Å². The molecule has 2 aromatic rings. The second-order valence-electron chi connectivity index (χ2n) is 5.03. The highest BCUT2D eigenvalue weighted by molar-refractivity contribution is 5.47. The molecule has 1 N–H and O–H groups in total. The van der Waals surface area contributed by atoms with Crippen molar-refractivity contribution in [1.82, 2.24) is 20.3 Å². The Hall–Kier alpha value is -1.95. The fourth-order valence-electron chi connectivity index (χ4n) is 2.55. The topological polar surface area (TPSA) is 46.0 Å². The second kappa shape index (κ2) is 6.00. The van der Waals surface area contributed by atoms with Crippen LogP contribution >= 0.6 is 0 Å². The summed E-state index contributed by atoms with van der Waals surface area (Å²) in [6.07, 6.45) is 4.65. The summed E-state index contributed by atoms with van der Waals surface area (Å²) >= 11 is 0. The summed E-state index contributed by atoms with van der Waals surface area (Å²) in [4.78, 5) is 2.28. The summed E-state index contributed by atoms with van der Waals surface area (Å²) in [5, 5.41) is 11.2. The zero-order chi connectivity index (χ0) is 13.8. The van der Waals surface area contributed by atoms with Crippen molar-refractivity contribution < 1.29 is 4.39 Å². The zero-order valence-electron chi connectivity index (χ0n) is 11.2. The lowest BCUT2D eigenvalue weighted by atomic mass is 10.2. The minimum Gasteiger partial charge on any atom is -0.370 e. The predicted molar refractivity (Wildman–Crippen MR) is 75.0 cm³/mol. The molecule has 0 amide bonds. The first-order valence-electron chi connectivity index (χ1n) is 6.89. The van der Waals surface area contributed by atoms with Crippen LogP contribution in [0, 0.1) is 5.82 Å². The number of benzene rings is 1. The summed E-state index contributed by atoms with van der Waals surface area (Å²) < 4.78 is 14.7. The van der Waals surface area contributed by atoms with Crippen LogP contribution in [0.2, 0.25) is 0 Å². The number of nitrogens with zero attached hydrogens (tertiary/aromatic N) is 4. The fraction of sp³-hybridized carbons (Fsp3) is 0.429. The Morgan fingerprint density at radius 2 is 2.15 bits per heavy atom. The highest BCUT2D eigenvalue weighted by Crippen LogP contribution is 2.20. The van der Waals surface area contributed by atoms with E-state index in [2.05, 4.69) is 20.5 Å². The van der Waals surface area contributed by atoms with Crippen LogP contribution in [0.15, 0.2) is 36.7 Å². The summed E-state index contributed by atoms with van der Waals surface area (Å²) in [6.45, 7) is 3.67. The van der Waals surface area contributed by atoms with E-state index in [0.29, 0.717) is 6.04 Å². The van der Waals surface area contributed by atoms with Gasteiger partial charge in [0.2, 0.25) is 0 Å². The average Bonchev–Trinajstić information content (AvgIpc) is 3.11. The van der Waals surface area contributed by atoms with Gasteiger partial charge < -0.3 is 10.2 Å². The first kappa shape index (κ1) is 13.1. The average molecular weight is 275 g/mol. The Kier molecular flexibility index (Phi) is 3.92. The van der Waals surface area contributed by atoms with E-state index in [9.17, 15) is 4.39 Å². The van der Waals surface area contributed by atoms with Gasteiger partial charge in [0, 0.05) is 37.6 Å². The second-order valence-corrected chi connectivity index (χ2v) is 5.03. The summed E-state index contributed by atoms with van der Waals surface area (Å²) in [5.41, 5.74) is 1.09. The number of hydrogen-bond donors (Lipinski definition) is 1. The molecular weight excluding hydrogens is 257 g/mol. The van der Waals surface area contributed by atoms with Gasteiger partial charge >= 0.3 is 0 Å². The largest absolute Gasteiger partial charge is 0.370 e. The minimum atomic E-state index is -0.185. The minimum absolute atomic E-state index is 0.185. The van der Waals surface area contributed by atoms with Crippen LogP contribution in [0.1, 0.15) is 6.42 Å². The van der Waals surface area contributed by atoms with Crippen LogP contribution in [-0.4, -0.2) is 40.7 Å². The molecule has 0 saturated carbocycles. The molecule has 0 aliphatic carbocycles. The summed E-state index contributed by atoms with van der Waals surface area (Å²) in [6, 6.07) is 7.19. The third-order valence-electron chi connectivity index (χ3n) is 3.63. The summed E-state index contributed by atoms with van der Waals surface area (Å²) in [5.74, 6) is -0.185. The molecule has 0 spiro atoms. The van der Waals surface area contributed by atoms with Crippen LogP contribution in [0.25, 0.3) is 0 Å². The van der Waals surface area contributed by atoms with Gasteiger partial charge in [0.1, 0.15) is 5.82 Å². The molecule has 1 aliphatic heterocycles. The Bertz CT molecular complexity index is 525. The van der Waals surface area contributed by atoms with E-state index >= 15 is 0 Å². The number of anilines is 1. The van der Waals surface area contributed by atoms with E-state index in [1.807, 2.05) is 23.0 Å². The molecule has 0 radical (unpaired) electrons. The first-order valence-corrected chi connectivity index (χ1v) is 6.89. The van der Waals surface area contributed by atoms with Gasteiger partial charge in [0.15, 0.2) is 0 Å². The van der Waals surface area contributed by atoms with Gasteiger partial charge in [-0.15, -0.1) is 5.10 Å². The molecule has 1 aliphatic rings. The molecule has 1 fully saturated rings. The van der Waals surface area contributed by atoms with Crippen LogP contribution in [0.3, 0.4) is 0 Å². The maximum Gasteiger partial charge on any atom is 0.123 e. The highest BCUT2D eigenvalue weighted by Gasteiger charge is 2.21.